The third-order valence-electron chi connectivity index (χ3n) is 8.99. The minimum Gasteiger partial charge on any atom is -0.657 e. The number of allylic oxidation sites excluding steroid dienone is 3. The van der Waals surface area contributed by atoms with Crippen molar-refractivity contribution in [2.45, 2.75) is 64.6 Å². The maximum absolute atomic E-state index is 12.5. The van der Waals surface area contributed by atoms with E-state index in [1.54, 1.807) is 31.2 Å². The van der Waals surface area contributed by atoms with Gasteiger partial charge in [-0.1, -0.05) is 66.3 Å². The van der Waals surface area contributed by atoms with Crippen LogP contribution < -0.4 is 15.1 Å². The molecule has 3 aromatic rings. The van der Waals surface area contributed by atoms with Crippen molar-refractivity contribution >= 4 is 51.2 Å². The molecule has 3 aliphatic rings. The Labute approximate surface area is 265 Å². The Morgan fingerprint density at radius 2 is 1.66 bits per heavy atom. The molecule has 3 aliphatic heterocycles. The van der Waals surface area contributed by atoms with Crippen molar-refractivity contribution in [3.05, 3.63) is 88.5 Å². The number of nitrogens with zero attached hydrogens (tertiary/aromatic N) is 4. The predicted octanol–water partition coefficient (Wildman–Crippen LogP) is 4.07. The Morgan fingerprint density at radius 1 is 1.00 bits per heavy atom. The molecule has 1 N–H and O–H groups in total. The molecule has 1 fully saturated rings. The van der Waals surface area contributed by atoms with Gasteiger partial charge in [0, 0.05) is 41.5 Å². The number of aryl methyl sites for hydroxylation is 3. The predicted molar refractivity (Wildman–Crippen MR) is 161 cm³/mol. The van der Waals surface area contributed by atoms with Crippen molar-refractivity contribution < 1.29 is 41.6 Å². The molecule has 0 aromatic carbocycles. The Balaban J connectivity index is 0.00000384. The number of ether oxygens (including phenoxy) is 1. The van der Waals surface area contributed by atoms with Gasteiger partial charge in [0.1, 0.15) is 5.60 Å². The van der Waals surface area contributed by atoms with Gasteiger partial charge in [0.25, 0.3) is 0 Å². The second-order valence-corrected chi connectivity index (χ2v) is 11.4. The Kier molecular flexibility index (Phi) is 7.82. The van der Waals surface area contributed by atoms with E-state index in [0.29, 0.717) is 44.7 Å². The molecule has 0 unspecified atom stereocenters. The first kappa shape index (κ1) is 31.2. The van der Waals surface area contributed by atoms with Crippen molar-refractivity contribution in [2.75, 3.05) is 0 Å². The summed E-state index contributed by atoms with van der Waals surface area (Å²) in [4.78, 5) is 43.5. The van der Waals surface area contributed by atoms with Crippen LogP contribution in [0.2, 0.25) is 0 Å². The molecule has 3 aromatic heterocycles. The molecule has 8 bridgehead atoms. The fourth-order valence-electron chi connectivity index (χ4n) is 6.38. The van der Waals surface area contributed by atoms with E-state index in [1.807, 2.05) is 32.9 Å². The number of rotatable bonds is 5. The second-order valence-electron chi connectivity index (χ2n) is 11.4. The Hall–Kier alpha value is -4.24. The molecule has 6 heterocycles. The minimum atomic E-state index is -1.69. The number of carbonyl (C=O) groups is 2. The van der Waals surface area contributed by atoms with E-state index >= 15 is 0 Å². The summed E-state index contributed by atoms with van der Waals surface area (Å²) in [7, 11) is 0. The minimum absolute atomic E-state index is 0. The van der Waals surface area contributed by atoms with Gasteiger partial charge in [-0.2, -0.15) is 0 Å². The van der Waals surface area contributed by atoms with Crippen LogP contribution in [-0.4, -0.2) is 27.0 Å². The van der Waals surface area contributed by atoms with Gasteiger partial charge in [-0.25, -0.2) is 4.98 Å². The van der Waals surface area contributed by atoms with Gasteiger partial charge < -0.3 is 29.7 Å². The van der Waals surface area contributed by atoms with Gasteiger partial charge in [-0.05, 0) is 51.7 Å². The summed E-state index contributed by atoms with van der Waals surface area (Å²) < 4.78 is 5.88. The average molecular weight is 631 g/mol. The van der Waals surface area contributed by atoms with Crippen molar-refractivity contribution in [3.8, 4) is 0 Å². The molecular formula is C34H31FeN4O5-3. The number of fused-ring (bicyclic) bond motifs is 9. The number of hydrogen-bond acceptors (Lipinski definition) is 7. The first-order valence-corrected chi connectivity index (χ1v) is 14.2. The zero-order chi connectivity index (χ0) is 30.8. The average Bonchev–Trinajstić information content (AvgIpc) is 3.69. The molecule has 1 saturated heterocycles. The van der Waals surface area contributed by atoms with E-state index in [1.165, 1.54) is 0 Å². The van der Waals surface area contributed by atoms with Crippen molar-refractivity contribution in [1.29, 1.82) is 0 Å². The quantitative estimate of drug-likeness (QED) is 0.326. The van der Waals surface area contributed by atoms with Crippen LogP contribution in [0.25, 0.3) is 39.3 Å². The summed E-state index contributed by atoms with van der Waals surface area (Å²) in [5.74, 6) is -1.62. The Bertz CT molecular complexity index is 1970. The third-order valence-corrected chi connectivity index (χ3v) is 8.99. The maximum Gasteiger partial charge on any atom is 0.307 e. The smallest absolute Gasteiger partial charge is 0.307 e. The summed E-state index contributed by atoms with van der Waals surface area (Å²) in [5, 5.41) is 23.5. The van der Waals surface area contributed by atoms with E-state index in [4.69, 9.17) is 24.7 Å². The first-order valence-electron chi connectivity index (χ1n) is 14.2. The van der Waals surface area contributed by atoms with E-state index in [-0.39, 0.29) is 48.4 Å². The molecular weight excluding hydrogens is 600 g/mol. The summed E-state index contributed by atoms with van der Waals surface area (Å²) in [5.41, 5.74) is 6.13. The van der Waals surface area contributed by atoms with Gasteiger partial charge in [0.05, 0.1) is 22.8 Å². The van der Waals surface area contributed by atoms with Gasteiger partial charge in [0.15, 0.2) is 5.60 Å². The molecule has 0 saturated carbocycles. The third kappa shape index (κ3) is 4.65. The van der Waals surface area contributed by atoms with Gasteiger partial charge in [0.2, 0.25) is 0 Å². The van der Waals surface area contributed by atoms with Crippen LogP contribution in [0.15, 0.2) is 43.5 Å². The number of carbonyl (C=O) groups excluding carboxylic acids is 2. The molecule has 9 nitrogen and oxygen atoms in total. The zero-order valence-corrected chi connectivity index (χ0v) is 26.0. The molecule has 228 valence electrons. The summed E-state index contributed by atoms with van der Waals surface area (Å²) >= 11 is 0. The standard InChI is InChI=1S/C34H33N4O5.Fe/c1-7-20-17(3)23-13-24-19(5)22(9-10-31(39)40)28(37-24)16-30-34(12-11-32(41)43-34)33(6,42)29(38-30)15-27-21(8-2)18(4)25(36-27)14-26(20)35-23;/h7-8,13-16,42H,1-2,9-12H2,3-6H3,(H2-,35,36,37,38,39,40);/q-1;/p-2/t33-,34+;/m0./s1. The number of hydrogen-bond donors (Lipinski definition) is 1. The van der Waals surface area contributed by atoms with Crippen molar-refractivity contribution in [3.63, 3.8) is 0 Å². The van der Waals surface area contributed by atoms with Gasteiger partial charge in [-0.3, -0.25) is 9.78 Å². The monoisotopic (exact) mass is 631 g/mol. The Morgan fingerprint density at radius 3 is 2.30 bits per heavy atom. The fourth-order valence-corrected chi connectivity index (χ4v) is 6.38. The number of carboxylic acid groups (broad SMARTS) is 1. The molecule has 0 amide bonds. The van der Waals surface area contributed by atoms with E-state index in [2.05, 4.69) is 13.2 Å². The van der Waals surface area contributed by atoms with E-state index in [0.717, 1.165) is 27.8 Å². The molecule has 6 rings (SSSR count). The van der Waals surface area contributed by atoms with Crippen LogP contribution in [0.3, 0.4) is 0 Å². The van der Waals surface area contributed by atoms with Crippen molar-refractivity contribution in [1.82, 2.24) is 19.9 Å². The largest absolute Gasteiger partial charge is 0.657 e. The van der Waals surface area contributed by atoms with Crippen LogP contribution in [0.1, 0.15) is 78.1 Å². The molecule has 44 heavy (non-hydrogen) atoms. The molecule has 2 atom stereocenters. The molecule has 1 spiro atoms. The van der Waals surface area contributed by atoms with Gasteiger partial charge >= 0.3 is 5.97 Å². The van der Waals surface area contributed by atoms with Crippen LogP contribution >= 0.6 is 0 Å². The number of carboxylic acids is 1. The van der Waals surface area contributed by atoms with Crippen LogP contribution in [0.4, 0.5) is 0 Å². The number of esters is 1. The number of aliphatic carboxylic acids is 1. The van der Waals surface area contributed by atoms with Crippen LogP contribution in [0.5, 0.6) is 0 Å². The maximum atomic E-state index is 12.5. The van der Waals surface area contributed by atoms with Crippen LogP contribution in [-0.2, 0) is 49.0 Å². The second kappa shape index (κ2) is 11.0. The van der Waals surface area contributed by atoms with Crippen LogP contribution in [0, 0.1) is 13.8 Å². The zero-order valence-electron chi connectivity index (χ0n) is 24.9. The van der Waals surface area contributed by atoms with E-state index in [9.17, 15) is 19.8 Å². The van der Waals surface area contributed by atoms with Crippen molar-refractivity contribution in [2.24, 2.45) is 0 Å². The van der Waals surface area contributed by atoms with Gasteiger partial charge in [-0.15, -0.1) is 22.1 Å². The number of aromatic nitrogens is 4. The summed E-state index contributed by atoms with van der Waals surface area (Å²) in [6, 6.07) is 7.16. The number of aliphatic hydroxyl groups is 1. The molecule has 0 aliphatic carbocycles. The topological polar surface area (TPSA) is 141 Å². The summed E-state index contributed by atoms with van der Waals surface area (Å²) in [6.45, 7) is 15.4. The normalized spacial score (nSPS) is 20.9. The molecule has 0 radical (unpaired) electrons. The molecule has 10 heteroatoms. The SMILES string of the molecule is C=CC1=C(C)c2cc3[n-]c(cc4nc(cc5[n-]c(cc1n2)c(C)c5C=C)[C@](C)(O)[C@@]41CCC(=O)O1)c(CCC(=O)[O-])c3C.[Fe]. The van der Waals surface area contributed by atoms with E-state index < -0.39 is 23.1 Å². The first-order chi connectivity index (χ1) is 20.4. The summed E-state index contributed by atoms with van der Waals surface area (Å²) in [6.07, 6.45) is 3.77. The fraction of sp³-hybridized carbons (Fsp3) is 0.294.